The summed E-state index contributed by atoms with van der Waals surface area (Å²) in [5.41, 5.74) is 0.511. The number of carbonyl (C=O) groups excluding carboxylic acids is 3. The SMILES string of the molecule is CN1CCN(c2ccc(N3C[C@H](CNC(=O)C(F)F)OC3=O)cc2F)CCN1C(=O)CO. The van der Waals surface area contributed by atoms with Crippen LogP contribution < -0.4 is 15.1 Å². The van der Waals surface area contributed by atoms with Gasteiger partial charge in [0.2, 0.25) is 0 Å². The first-order chi connectivity index (χ1) is 15.2. The molecule has 1 atom stereocenters. The largest absolute Gasteiger partial charge is 0.442 e. The number of nitrogens with zero attached hydrogens (tertiary/aromatic N) is 4. The number of cyclic esters (lactones) is 1. The molecule has 10 nitrogen and oxygen atoms in total. The van der Waals surface area contributed by atoms with E-state index in [0.29, 0.717) is 19.6 Å². The predicted molar refractivity (Wildman–Crippen MR) is 107 cm³/mol. The minimum Gasteiger partial charge on any atom is -0.442 e. The average molecular weight is 459 g/mol. The number of aliphatic hydroxyl groups excluding tert-OH is 1. The third kappa shape index (κ3) is 5.22. The fourth-order valence-corrected chi connectivity index (χ4v) is 3.57. The molecule has 2 heterocycles. The van der Waals surface area contributed by atoms with Crippen molar-refractivity contribution in [1.29, 1.82) is 0 Å². The standard InChI is InChI=1S/C19H24F3N5O5/c1-24-4-5-25(6-7-27(24)16(29)11-28)15-3-2-12(8-14(15)20)26-10-13(32-19(26)31)9-23-18(30)17(21)22/h2-3,8,13,17,28H,4-7,9-11H2,1H3,(H,23,30)/t13-/m0/s1. The normalized spacial score (nSPS) is 19.9. The Morgan fingerprint density at radius 3 is 2.62 bits per heavy atom. The van der Waals surface area contributed by atoms with Crippen LogP contribution in [-0.2, 0) is 14.3 Å². The van der Waals surface area contributed by atoms with Gasteiger partial charge in [0.05, 0.1) is 31.0 Å². The summed E-state index contributed by atoms with van der Waals surface area (Å²) < 4.78 is 44.5. The Bertz CT molecular complexity index is 874. The third-order valence-corrected chi connectivity index (χ3v) is 5.27. The monoisotopic (exact) mass is 459 g/mol. The number of ether oxygens (including phenoxy) is 1. The second-order valence-electron chi connectivity index (χ2n) is 7.34. The molecule has 3 amide bonds. The van der Waals surface area contributed by atoms with Crippen LogP contribution in [0.5, 0.6) is 0 Å². The Hall–Kier alpha value is -3.06. The lowest BCUT2D eigenvalue weighted by molar-refractivity contribution is -0.148. The first kappa shape index (κ1) is 23.6. The van der Waals surface area contributed by atoms with Gasteiger partial charge >= 0.3 is 12.5 Å². The number of rotatable bonds is 6. The number of hydrogen-bond acceptors (Lipinski definition) is 7. The van der Waals surface area contributed by atoms with Crippen molar-refractivity contribution in [2.24, 2.45) is 0 Å². The molecule has 3 rings (SSSR count). The summed E-state index contributed by atoms with van der Waals surface area (Å²) >= 11 is 0. The zero-order valence-corrected chi connectivity index (χ0v) is 17.3. The number of hydrogen-bond donors (Lipinski definition) is 2. The van der Waals surface area contributed by atoms with Gasteiger partial charge in [0.25, 0.3) is 11.8 Å². The van der Waals surface area contributed by atoms with Crippen LogP contribution in [0.1, 0.15) is 0 Å². The highest BCUT2D eigenvalue weighted by molar-refractivity contribution is 5.90. The van der Waals surface area contributed by atoms with Gasteiger partial charge in [0, 0.05) is 26.7 Å². The molecule has 0 bridgehead atoms. The number of likely N-dealkylation sites (N-methyl/N-ethyl adjacent to an activating group) is 1. The number of nitrogens with one attached hydrogen (secondary N) is 1. The summed E-state index contributed by atoms with van der Waals surface area (Å²) in [6, 6.07) is 4.21. The molecule has 13 heteroatoms. The highest BCUT2D eigenvalue weighted by atomic mass is 19.3. The molecule has 2 aliphatic rings. The van der Waals surface area contributed by atoms with Crippen LogP contribution in [0.25, 0.3) is 0 Å². The van der Waals surface area contributed by atoms with Crippen LogP contribution in [0, 0.1) is 5.82 Å². The van der Waals surface area contributed by atoms with E-state index in [0.717, 1.165) is 4.90 Å². The molecular weight excluding hydrogens is 435 g/mol. The first-order valence-electron chi connectivity index (χ1n) is 9.92. The predicted octanol–water partition coefficient (Wildman–Crippen LogP) is 0.0199. The lowest BCUT2D eigenvalue weighted by Crippen LogP contribution is -2.46. The quantitative estimate of drug-likeness (QED) is 0.618. The van der Waals surface area contributed by atoms with E-state index in [1.54, 1.807) is 17.0 Å². The van der Waals surface area contributed by atoms with Gasteiger partial charge < -0.3 is 20.1 Å². The third-order valence-electron chi connectivity index (χ3n) is 5.27. The maximum atomic E-state index is 14.9. The number of hydrazine groups is 1. The topological polar surface area (TPSA) is 106 Å². The van der Waals surface area contributed by atoms with Crippen molar-refractivity contribution in [2.45, 2.75) is 12.5 Å². The average Bonchev–Trinajstić information content (AvgIpc) is 3.03. The molecule has 1 aromatic carbocycles. The first-order valence-corrected chi connectivity index (χ1v) is 9.92. The molecular formula is C19H24F3N5O5. The summed E-state index contributed by atoms with van der Waals surface area (Å²) in [5, 5.41) is 14.1. The van der Waals surface area contributed by atoms with E-state index < -0.39 is 42.9 Å². The highest BCUT2D eigenvalue weighted by Crippen LogP contribution is 2.28. The second-order valence-corrected chi connectivity index (χ2v) is 7.34. The lowest BCUT2D eigenvalue weighted by atomic mass is 10.2. The smallest absolute Gasteiger partial charge is 0.414 e. The van der Waals surface area contributed by atoms with Crippen LogP contribution in [0.4, 0.5) is 29.3 Å². The number of alkyl halides is 2. The van der Waals surface area contributed by atoms with Gasteiger partial charge in [-0.3, -0.25) is 19.5 Å². The van der Waals surface area contributed by atoms with Gasteiger partial charge in [-0.2, -0.15) is 8.78 Å². The molecule has 0 aromatic heterocycles. The van der Waals surface area contributed by atoms with Gasteiger partial charge in [-0.25, -0.2) is 14.2 Å². The van der Waals surface area contributed by atoms with Crippen molar-refractivity contribution in [3.8, 4) is 0 Å². The second kappa shape index (κ2) is 10.0. The van der Waals surface area contributed by atoms with Gasteiger partial charge in [-0.1, -0.05) is 0 Å². The summed E-state index contributed by atoms with van der Waals surface area (Å²) in [6.45, 7) is 0.527. The molecule has 0 aliphatic carbocycles. The zero-order valence-electron chi connectivity index (χ0n) is 17.3. The number of anilines is 2. The molecule has 2 N–H and O–H groups in total. The Morgan fingerprint density at radius 2 is 1.97 bits per heavy atom. The molecule has 0 saturated carbocycles. The van der Waals surface area contributed by atoms with Crippen LogP contribution in [0.2, 0.25) is 0 Å². The van der Waals surface area contributed by atoms with E-state index in [9.17, 15) is 27.6 Å². The van der Waals surface area contributed by atoms with Crippen LogP contribution in [-0.4, -0.2) is 98.5 Å². The summed E-state index contributed by atoms with van der Waals surface area (Å²) in [6.07, 6.45) is -4.79. The molecule has 0 spiro atoms. The zero-order chi connectivity index (χ0) is 23.4. The number of benzene rings is 1. The molecule has 2 saturated heterocycles. The Balaban J connectivity index is 1.66. The number of aliphatic hydroxyl groups is 1. The highest BCUT2D eigenvalue weighted by Gasteiger charge is 2.34. The minimum absolute atomic E-state index is 0.0339. The van der Waals surface area contributed by atoms with E-state index in [-0.39, 0.29) is 31.0 Å². The van der Waals surface area contributed by atoms with Crippen molar-refractivity contribution >= 4 is 29.3 Å². The van der Waals surface area contributed by atoms with E-state index in [4.69, 9.17) is 9.84 Å². The van der Waals surface area contributed by atoms with Gasteiger partial charge in [0.1, 0.15) is 18.5 Å². The Kier molecular flexibility index (Phi) is 7.40. The van der Waals surface area contributed by atoms with Crippen LogP contribution in [0.15, 0.2) is 18.2 Å². The van der Waals surface area contributed by atoms with E-state index >= 15 is 0 Å². The molecule has 32 heavy (non-hydrogen) atoms. The number of carbonyl (C=O) groups is 3. The van der Waals surface area contributed by atoms with E-state index in [2.05, 4.69) is 0 Å². The van der Waals surface area contributed by atoms with Crippen molar-refractivity contribution in [3.63, 3.8) is 0 Å². The van der Waals surface area contributed by atoms with Crippen LogP contribution in [0.3, 0.4) is 0 Å². The van der Waals surface area contributed by atoms with Gasteiger partial charge in [0.15, 0.2) is 0 Å². The van der Waals surface area contributed by atoms with Gasteiger partial charge in [-0.05, 0) is 18.2 Å². The minimum atomic E-state index is -3.17. The summed E-state index contributed by atoms with van der Waals surface area (Å²) in [5.74, 6) is -2.50. The molecule has 0 radical (unpaired) electrons. The van der Waals surface area contributed by atoms with E-state index in [1.165, 1.54) is 23.2 Å². The molecule has 0 unspecified atom stereocenters. The van der Waals surface area contributed by atoms with Crippen LogP contribution >= 0.6 is 0 Å². The fourth-order valence-electron chi connectivity index (χ4n) is 3.57. The van der Waals surface area contributed by atoms with Crippen molar-refractivity contribution < 1.29 is 37.4 Å². The Morgan fingerprint density at radius 1 is 1.25 bits per heavy atom. The van der Waals surface area contributed by atoms with Crippen molar-refractivity contribution in [2.75, 3.05) is 62.7 Å². The molecule has 1 aromatic rings. The maximum Gasteiger partial charge on any atom is 0.414 e. The lowest BCUT2D eigenvalue weighted by Gasteiger charge is -2.28. The van der Waals surface area contributed by atoms with Crippen molar-refractivity contribution in [3.05, 3.63) is 24.0 Å². The summed E-state index contributed by atoms with van der Waals surface area (Å²) in [7, 11) is 1.70. The van der Waals surface area contributed by atoms with Crippen molar-refractivity contribution in [1.82, 2.24) is 15.3 Å². The number of halogens is 3. The summed E-state index contributed by atoms with van der Waals surface area (Å²) in [4.78, 5) is 37.8. The maximum absolute atomic E-state index is 14.9. The molecule has 2 fully saturated rings. The Labute approximate surface area is 182 Å². The van der Waals surface area contributed by atoms with E-state index in [1.807, 2.05) is 5.32 Å². The number of amides is 3. The van der Waals surface area contributed by atoms with Gasteiger partial charge in [-0.15, -0.1) is 0 Å². The molecule has 176 valence electrons. The molecule has 2 aliphatic heterocycles. The fraction of sp³-hybridized carbons (Fsp3) is 0.526.